The maximum Gasteiger partial charge on any atom is 0.295 e. The summed E-state index contributed by atoms with van der Waals surface area (Å²) in [6.07, 6.45) is 1.68. The van der Waals surface area contributed by atoms with Crippen LogP contribution in [0.1, 0.15) is 40.1 Å². The van der Waals surface area contributed by atoms with Crippen molar-refractivity contribution in [2.24, 2.45) is 0 Å². The summed E-state index contributed by atoms with van der Waals surface area (Å²) in [7, 11) is 0. The lowest BCUT2D eigenvalue weighted by atomic mass is 10.0. The van der Waals surface area contributed by atoms with Crippen LogP contribution >= 0.6 is 0 Å². The quantitative estimate of drug-likeness (QED) is 0.411. The van der Waals surface area contributed by atoms with Gasteiger partial charge < -0.3 is 20.1 Å². The summed E-state index contributed by atoms with van der Waals surface area (Å²) in [5, 5.41) is 3.81. The second-order valence-corrected chi connectivity index (χ2v) is 10.0. The van der Waals surface area contributed by atoms with Gasteiger partial charge in [0.25, 0.3) is 11.8 Å². The molecule has 3 heterocycles. The van der Waals surface area contributed by atoms with Crippen LogP contribution in [0.2, 0.25) is 0 Å². The van der Waals surface area contributed by atoms with E-state index < -0.39 is 11.7 Å². The van der Waals surface area contributed by atoms with Crippen LogP contribution in [-0.2, 0) is 11.3 Å². The third kappa shape index (κ3) is 5.14. The van der Waals surface area contributed by atoms with Crippen molar-refractivity contribution in [2.45, 2.75) is 32.5 Å². The standard InChI is InChI=1S/C28H32FN5O3/c1-18-16-34(19(2)15-33(18)17-20-3-6-22(29)7-4-20)27(36)24-14-31-25-8-5-21(13-23(24)25)26(35)28(37)32-11-9-30-10-12-32/h3-8,13-14,18-19,30-31H,9-12,15-17H2,1-2H3/t18-,19-/m1/s1. The van der Waals surface area contributed by atoms with Gasteiger partial charge >= 0.3 is 0 Å². The predicted molar refractivity (Wildman–Crippen MR) is 139 cm³/mol. The number of carbonyl (C=O) groups excluding carboxylic acids is 3. The average molecular weight is 506 g/mol. The Morgan fingerprint density at radius 1 is 0.973 bits per heavy atom. The number of amides is 2. The highest BCUT2D eigenvalue weighted by atomic mass is 19.1. The van der Waals surface area contributed by atoms with Gasteiger partial charge in [-0.1, -0.05) is 12.1 Å². The van der Waals surface area contributed by atoms with Gasteiger partial charge in [-0.25, -0.2) is 4.39 Å². The molecule has 2 atom stereocenters. The van der Waals surface area contributed by atoms with E-state index in [1.165, 1.54) is 12.1 Å². The van der Waals surface area contributed by atoms with E-state index in [0.29, 0.717) is 56.8 Å². The molecule has 0 aliphatic carbocycles. The first-order valence-electron chi connectivity index (χ1n) is 12.8. The van der Waals surface area contributed by atoms with Crippen molar-refractivity contribution >= 4 is 28.5 Å². The van der Waals surface area contributed by atoms with E-state index in [-0.39, 0.29) is 29.4 Å². The molecule has 2 saturated heterocycles. The molecule has 0 saturated carbocycles. The third-order valence-electron chi connectivity index (χ3n) is 7.45. The van der Waals surface area contributed by atoms with Crippen LogP contribution in [0.15, 0.2) is 48.7 Å². The topological polar surface area (TPSA) is 88.8 Å². The van der Waals surface area contributed by atoms with Crippen LogP contribution in [0.5, 0.6) is 0 Å². The summed E-state index contributed by atoms with van der Waals surface area (Å²) in [5.41, 5.74) is 2.55. The fraction of sp³-hybridized carbons (Fsp3) is 0.393. The molecule has 9 heteroatoms. The molecule has 5 rings (SSSR count). The summed E-state index contributed by atoms with van der Waals surface area (Å²) in [5.74, 6) is -1.42. The van der Waals surface area contributed by atoms with Crippen molar-refractivity contribution in [2.75, 3.05) is 39.3 Å². The first-order chi connectivity index (χ1) is 17.8. The smallest absolute Gasteiger partial charge is 0.295 e. The number of nitrogens with one attached hydrogen (secondary N) is 2. The van der Waals surface area contributed by atoms with Crippen LogP contribution in [0.3, 0.4) is 0 Å². The van der Waals surface area contributed by atoms with Crippen molar-refractivity contribution in [3.63, 3.8) is 0 Å². The Hall–Kier alpha value is -3.56. The maximum atomic E-state index is 13.7. The monoisotopic (exact) mass is 505 g/mol. The van der Waals surface area contributed by atoms with E-state index in [2.05, 4.69) is 22.1 Å². The molecule has 194 valence electrons. The highest BCUT2D eigenvalue weighted by molar-refractivity contribution is 6.43. The summed E-state index contributed by atoms with van der Waals surface area (Å²) in [6, 6.07) is 11.6. The highest BCUT2D eigenvalue weighted by Crippen LogP contribution is 2.26. The molecule has 37 heavy (non-hydrogen) atoms. The van der Waals surface area contributed by atoms with Crippen LogP contribution in [0.25, 0.3) is 10.9 Å². The minimum atomic E-state index is -0.556. The zero-order valence-electron chi connectivity index (χ0n) is 21.2. The molecular weight excluding hydrogens is 473 g/mol. The van der Waals surface area contributed by atoms with E-state index in [4.69, 9.17) is 0 Å². The van der Waals surface area contributed by atoms with Gasteiger partial charge in [-0.15, -0.1) is 0 Å². The van der Waals surface area contributed by atoms with Gasteiger partial charge in [-0.2, -0.15) is 0 Å². The fourth-order valence-corrected chi connectivity index (χ4v) is 5.25. The normalized spacial score (nSPS) is 20.8. The Kier molecular flexibility index (Phi) is 7.08. The summed E-state index contributed by atoms with van der Waals surface area (Å²) >= 11 is 0. The van der Waals surface area contributed by atoms with Crippen molar-refractivity contribution in [1.82, 2.24) is 25.0 Å². The van der Waals surface area contributed by atoms with E-state index in [1.807, 2.05) is 11.8 Å². The summed E-state index contributed by atoms with van der Waals surface area (Å²) < 4.78 is 13.3. The number of fused-ring (bicyclic) bond motifs is 1. The molecular formula is C28H32FN5O3. The second-order valence-electron chi connectivity index (χ2n) is 10.0. The van der Waals surface area contributed by atoms with E-state index in [0.717, 1.165) is 11.1 Å². The molecule has 2 N–H and O–H groups in total. The Morgan fingerprint density at radius 3 is 2.43 bits per heavy atom. The number of nitrogens with zero attached hydrogens (tertiary/aromatic N) is 3. The third-order valence-corrected chi connectivity index (χ3v) is 7.45. The highest BCUT2D eigenvalue weighted by Gasteiger charge is 2.33. The number of Topliss-reactive ketones (excluding diaryl/α,β-unsaturated/α-hetero) is 1. The molecule has 2 aliphatic rings. The maximum absolute atomic E-state index is 13.7. The lowest BCUT2D eigenvalue weighted by molar-refractivity contribution is -0.127. The molecule has 2 aromatic carbocycles. The SMILES string of the molecule is C[C@@H]1CN(C(=O)c2c[nH]c3ccc(C(=O)C(=O)N4CCNCC4)cc23)[C@H](C)CN1Cc1ccc(F)cc1. The van der Waals surface area contributed by atoms with Gasteiger partial charge in [0.2, 0.25) is 5.78 Å². The molecule has 2 aliphatic heterocycles. The number of hydrogen-bond acceptors (Lipinski definition) is 5. The first kappa shape index (κ1) is 25.1. The number of aromatic nitrogens is 1. The number of benzene rings is 2. The number of rotatable bonds is 5. The molecule has 2 fully saturated rings. The lowest BCUT2D eigenvalue weighted by Gasteiger charge is -2.44. The minimum Gasteiger partial charge on any atom is -0.360 e. The fourth-order valence-electron chi connectivity index (χ4n) is 5.25. The number of aromatic amines is 1. The van der Waals surface area contributed by atoms with Gasteiger partial charge in [0.1, 0.15) is 5.82 Å². The minimum absolute atomic E-state index is 0.0341. The number of carbonyl (C=O) groups is 3. The van der Waals surface area contributed by atoms with Crippen LogP contribution < -0.4 is 5.32 Å². The molecule has 1 aromatic heterocycles. The Bertz CT molecular complexity index is 1320. The Morgan fingerprint density at radius 2 is 1.70 bits per heavy atom. The average Bonchev–Trinajstić information content (AvgIpc) is 3.34. The molecule has 0 unspecified atom stereocenters. The van der Waals surface area contributed by atoms with Crippen LogP contribution in [0.4, 0.5) is 4.39 Å². The van der Waals surface area contributed by atoms with Crippen molar-refractivity contribution in [1.29, 1.82) is 0 Å². The predicted octanol–water partition coefficient (Wildman–Crippen LogP) is 2.66. The zero-order valence-corrected chi connectivity index (χ0v) is 21.2. The van der Waals surface area contributed by atoms with Crippen molar-refractivity contribution < 1.29 is 18.8 Å². The zero-order chi connectivity index (χ0) is 26.1. The van der Waals surface area contributed by atoms with Crippen LogP contribution in [0, 0.1) is 5.82 Å². The number of hydrogen-bond donors (Lipinski definition) is 2. The number of ketones is 1. The van der Waals surface area contributed by atoms with Gasteiger partial charge in [-0.05, 0) is 49.7 Å². The number of halogens is 1. The molecule has 2 amide bonds. The van der Waals surface area contributed by atoms with Gasteiger partial charge in [0.15, 0.2) is 0 Å². The number of piperazine rings is 2. The van der Waals surface area contributed by atoms with Gasteiger partial charge in [0, 0.05) is 80.6 Å². The van der Waals surface area contributed by atoms with E-state index in [1.54, 1.807) is 41.4 Å². The molecule has 3 aromatic rings. The van der Waals surface area contributed by atoms with Gasteiger partial charge in [-0.3, -0.25) is 19.3 Å². The second kappa shape index (κ2) is 10.4. The molecule has 0 bridgehead atoms. The largest absolute Gasteiger partial charge is 0.360 e. The number of H-pyrrole nitrogens is 1. The molecule has 8 nitrogen and oxygen atoms in total. The molecule has 0 spiro atoms. The Labute approximate surface area is 215 Å². The summed E-state index contributed by atoms with van der Waals surface area (Å²) in [6.45, 7) is 8.39. The lowest BCUT2D eigenvalue weighted by Crippen LogP contribution is -2.57. The van der Waals surface area contributed by atoms with Crippen molar-refractivity contribution in [3.05, 3.63) is 71.2 Å². The van der Waals surface area contributed by atoms with Crippen LogP contribution in [-0.4, -0.2) is 88.6 Å². The van der Waals surface area contributed by atoms with E-state index in [9.17, 15) is 18.8 Å². The molecule has 0 radical (unpaired) electrons. The van der Waals surface area contributed by atoms with Gasteiger partial charge in [0.05, 0.1) is 5.56 Å². The van der Waals surface area contributed by atoms with E-state index >= 15 is 0 Å². The summed E-state index contributed by atoms with van der Waals surface area (Å²) in [4.78, 5) is 48.2. The Balaban J connectivity index is 1.32. The first-order valence-corrected chi connectivity index (χ1v) is 12.8. The van der Waals surface area contributed by atoms with Crippen molar-refractivity contribution in [3.8, 4) is 0 Å².